The van der Waals surface area contributed by atoms with Crippen molar-refractivity contribution in [3.63, 3.8) is 0 Å². The first-order chi connectivity index (χ1) is 14.6. The van der Waals surface area contributed by atoms with Gasteiger partial charge in [0.25, 0.3) is 11.8 Å². The van der Waals surface area contributed by atoms with Crippen LogP contribution in [-0.2, 0) is 0 Å². The van der Waals surface area contributed by atoms with Gasteiger partial charge in [0.05, 0.1) is 22.4 Å². The zero-order valence-electron chi connectivity index (χ0n) is 17.5. The number of fused-ring (bicyclic) bond motifs is 1. The number of rotatable bonds is 8. The van der Waals surface area contributed by atoms with Crippen LogP contribution in [0.25, 0.3) is 16.5 Å². The van der Waals surface area contributed by atoms with Gasteiger partial charge < -0.3 is 26.9 Å². The number of amides is 1. The predicted molar refractivity (Wildman–Crippen MR) is 118 cm³/mol. The molecule has 7 nitrogen and oxygen atoms in total. The molecule has 1 amide bonds. The number of carbonyl (C=O) groups is 1. The summed E-state index contributed by atoms with van der Waals surface area (Å²) in [6.07, 6.45) is 2.83. The highest BCUT2D eigenvalue weighted by Crippen LogP contribution is 2.47. The first kappa shape index (κ1) is 22.6. The van der Waals surface area contributed by atoms with Crippen molar-refractivity contribution in [2.24, 2.45) is 5.73 Å². The first-order valence-electron chi connectivity index (χ1n) is 10.1. The molecule has 6 N–H and O–H groups in total. The molecule has 1 aromatic carbocycles. The second-order valence-electron chi connectivity index (χ2n) is 8.28. The van der Waals surface area contributed by atoms with Crippen LogP contribution in [-0.4, -0.2) is 46.3 Å². The molecule has 3 rings (SSSR count). The largest absolute Gasteiger partial charge is 0.404 e. The van der Waals surface area contributed by atoms with Crippen molar-refractivity contribution < 1.29 is 18.7 Å². The van der Waals surface area contributed by atoms with Crippen LogP contribution >= 0.6 is 0 Å². The maximum absolute atomic E-state index is 13.1. The van der Waals surface area contributed by atoms with Gasteiger partial charge in [-0.1, -0.05) is 6.07 Å². The van der Waals surface area contributed by atoms with E-state index in [1.807, 2.05) is 19.9 Å². The highest BCUT2D eigenvalue weighted by molar-refractivity contribution is 6.11. The molecule has 0 bridgehead atoms. The van der Waals surface area contributed by atoms with E-state index in [2.05, 4.69) is 15.6 Å². The van der Waals surface area contributed by atoms with E-state index in [-0.39, 0.29) is 19.0 Å². The molecule has 1 saturated carbocycles. The van der Waals surface area contributed by atoms with Gasteiger partial charge in [-0.05, 0) is 38.0 Å². The smallest absolute Gasteiger partial charge is 0.254 e. The summed E-state index contributed by atoms with van der Waals surface area (Å²) in [5.41, 5.74) is 6.95. The fourth-order valence-electron chi connectivity index (χ4n) is 3.81. The number of aliphatic hydroxyl groups is 1. The Hall–Kier alpha value is -3.07. The second kappa shape index (κ2) is 8.58. The standard InChI is InChI=1S/C22H27F2N5O2/c1-13(2)29-19-16-7-14(15(8-25)9-26)3-4-18(16)28-10-17(19)20(30)27-6-5-21(31)11-22(23,24)12-21/h3-4,7-10,13,25,31H,5-6,11-12,26H2,1-2H3,(H,27,30)(H,28,29)/b15-9+,25-8?. The molecule has 0 saturated heterocycles. The minimum atomic E-state index is -2.83. The van der Waals surface area contributed by atoms with Gasteiger partial charge >= 0.3 is 0 Å². The fraction of sp³-hybridized carbons (Fsp3) is 0.409. The average molecular weight is 431 g/mol. The number of allylic oxidation sites excluding steroid dienone is 1. The molecule has 166 valence electrons. The number of nitrogens with two attached hydrogens (primary N) is 1. The topological polar surface area (TPSA) is 124 Å². The predicted octanol–water partition coefficient (Wildman–Crippen LogP) is 3.28. The van der Waals surface area contributed by atoms with E-state index in [1.54, 1.807) is 12.1 Å². The van der Waals surface area contributed by atoms with Gasteiger partial charge in [0.15, 0.2) is 0 Å². The lowest BCUT2D eigenvalue weighted by Crippen LogP contribution is -2.53. The van der Waals surface area contributed by atoms with Gasteiger partial charge in [-0.15, -0.1) is 0 Å². The number of hydrogen-bond acceptors (Lipinski definition) is 6. The Bertz CT molecular complexity index is 1030. The molecule has 1 aromatic heterocycles. The molecule has 1 fully saturated rings. The van der Waals surface area contributed by atoms with E-state index in [0.29, 0.717) is 33.3 Å². The minimum absolute atomic E-state index is 0.0194. The van der Waals surface area contributed by atoms with Gasteiger partial charge in [0, 0.05) is 55.0 Å². The highest BCUT2D eigenvalue weighted by atomic mass is 19.3. The third-order valence-electron chi connectivity index (χ3n) is 5.27. The van der Waals surface area contributed by atoms with E-state index < -0.39 is 30.3 Å². The number of nitrogens with one attached hydrogen (secondary N) is 3. The molecular weight excluding hydrogens is 404 g/mol. The lowest BCUT2D eigenvalue weighted by Gasteiger charge is -2.43. The van der Waals surface area contributed by atoms with Gasteiger partial charge in [-0.2, -0.15) is 0 Å². The first-order valence-corrected chi connectivity index (χ1v) is 10.1. The third kappa shape index (κ3) is 4.99. The summed E-state index contributed by atoms with van der Waals surface area (Å²) in [5.74, 6) is -3.25. The van der Waals surface area contributed by atoms with Crippen molar-refractivity contribution in [1.29, 1.82) is 5.41 Å². The van der Waals surface area contributed by atoms with Gasteiger partial charge in [0.1, 0.15) is 0 Å². The van der Waals surface area contributed by atoms with Crippen molar-refractivity contribution in [1.82, 2.24) is 10.3 Å². The second-order valence-corrected chi connectivity index (χ2v) is 8.28. The highest BCUT2D eigenvalue weighted by Gasteiger charge is 2.55. The molecule has 2 aromatic rings. The summed E-state index contributed by atoms with van der Waals surface area (Å²) < 4.78 is 26.1. The lowest BCUT2D eigenvalue weighted by atomic mass is 9.74. The Morgan fingerprint density at radius 3 is 2.68 bits per heavy atom. The Labute approximate surface area is 179 Å². The summed E-state index contributed by atoms with van der Waals surface area (Å²) in [6.45, 7) is 3.94. The number of hydrogen-bond donors (Lipinski definition) is 5. The van der Waals surface area contributed by atoms with Crippen LogP contribution in [0.4, 0.5) is 14.5 Å². The van der Waals surface area contributed by atoms with E-state index in [0.717, 1.165) is 6.21 Å². The fourth-order valence-corrected chi connectivity index (χ4v) is 3.81. The van der Waals surface area contributed by atoms with Crippen LogP contribution in [0.15, 0.2) is 30.6 Å². The molecule has 0 atom stereocenters. The van der Waals surface area contributed by atoms with Gasteiger partial charge in [0.2, 0.25) is 0 Å². The normalized spacial score (nSPS) is 17.3. The molecule has 0 spiro atoms. The monoisotopic (exact) mass is 431 g/mol. The quantitative estimate of drug-likeness (QED) is 0.410. The van der Waals surface area contributed by atoms with Crippen molar-refractivity contribution in [2.75, 3.05) is 11.9 Å². The van der Waals surface area contributed by atoms with E-state index in [9.17, 15) is 18.7 Å². The number of pyridine rings is 1. The van der Waals surface area contributed by atoms with Crippen LogP contribution in [0.2, 0.25) is 0 Å². The molecular formula is C22H27F2N5O2. The van der Waals surface area contributed by atoms with Crippen LogP contribution in [0.3, 0.4) is 0 Å². The van der Waals surface area contributed by atoms with Gasteiger partial charge in [-0.25, -0.2) is 8.78 Å². The number of benzene rings is 1. The van der Waals surface area contributed by atoms with Crippen LogP contribution in [0, 0.1) is 5.41 Å². The summed E-state index contributed by atoms with van der Waals surface area (Å²) in [4.78, 5) is 17.2. The lowest BCUT2D eigenvalue weighted by molar-refractivity contribution is -0.206. The molecule has 1 heterocycles. The van der Waals surface area contributed by atoms with Crippen molar-refractivity contribution in [3.8, 4) is 0 Å². The number of aromatic nitrogens is 1. The maximum Gasteiger partial charge on any atom is 0.254 e. The zero-order valence-corrected chi connectivity index (χ0v) is 17.5. The van der Waals surface area contributed by atoms with Crippen LogP contribution < -0.4 is 16.4 Å². The Morgan fingerprint density at radius 2 is 2.10 bits per heavy atom. The maximum atomic E-state index is 13.1. The minimum Gasteiger partial charge on any atom is -0.404 e. The van der Waals surface area contributed by atoms with Crippen molar-refractivity contribution >= 4 is 34.3 Å². The van der Waals surface area contributed by atoms with Gasteiger partial charge in [-0.3, -0.25) is 9.78 Å². The summed E-state index contributed by atoms with van der Waals surface area (Å²) >= 11 is 0. The SMILES string of the molecule is CC(C)Nc1c(C(=O)NCCC2(O)CC(F)(F)C2)cnc2ccc(/C(C=N)=C/N)cc12. The summed E-state index contributed by atoms with van der Waals surface area (Å²) in [7, 11) is 0. The van der Waals surface area contributed by atoms with Crippen molar-refractivity contribution in [3.05, 3.63) is 41.7 Å². The zero-order chi connectivity index (χ0) is 22.8. The van der Waals surface area contributed by atoms with E-state index >= 15 is 0 Å². The number of halogens is 2. The molecule has 0 aliphatic heterocycles. The Balaban J connectivity index is 1.87. The number of carbonyl (C=O) groups excluding carboxylic acids is 1. The molecule has 1 aliphatic rings. The van der Waals surface area contributed by atoms with E-state index in [1.165, 1.54) is 12.4 Å². The van der Waals surface area contributed by atoms with Crippen LogP contribution in [0.5, 0.6) is 0 Å². The molecule has 0 radical (unpaired) electrons. The number of anilines is 1. The number of nitrogens with zero attached hydrogens (tertiary/aromatic N) is 1. The summed E-state index contributed by atoms with van der Waals surface area (Å²) in [6, 6.07) is 5.42. The van der Waals surface area contributed by atoms with E-state index in [4.69, 9.17) is 11.1 Å². The van der Waals surface area contributed by atoms with Crippen LogP contribution in [0.1, 0.15) is 49.0 Å². The van der Waals surface area contributed by atoms with Crippen molar-refractivity contribution in [2.45, 2.75) is 50.7 Å². The third-order valence-corrected chi connectivity index (χ3v) is 5.27. The molecule has 31 heavy (non-hydrogen) atoms. The number of alkyl halides is 2. The molecule has 1 aliphatic carbocycles. The Morgan fingerprint density at radius 1 is 1.39 bits per heavy atom. The molecule has 0 unspecified atom stereocenters. The summed E-state index contributed by atoms with van der Waals surface area (Å²) in [5, 5.41) is 24.3. The Kier molecular flexibility index (Phi) is 6.26. The average Bonchev–Trinajstić information content (AvgIpc) is 2.67. The molecule has 9 heteroatoms.